The number of nitrogens with one attached hydrogen (secondary N) is 1. The largest absolute Gasteiger partial charge is 0.461 e. The fourth-order valence-electron chi connectivity index (χ4n) is 1.76. The van der Waals surface area contributed by atoms with E-state index in [9.17, 15) is 4.79 Å². The molecule has 6 nitrogen and oxygen atoms in total. The molecule has 94 valence electrons. The van der Waals surface area contributed by atoms with E-state index in [0.717, 1.165) is 13.1 Å². The minimum atomic E-state index is -0.456. The van der Waals surface area contributed by atoms with Crippen molar-refractivity contribution in [2.75, 3.05) is 25.1 Å². The number of piperidine rings is 1. The topological polar surface area (TPSA) is 67.6 Å². The molecule has 0 bridgehead atoms. The van der Waals surface area contributed by atoms with Crippen LogP contribution in [0.4, 0.5) is 6.01 Å². The maximum absolute atomic E-state index is 11.4. The number of hydrazine groups is 1. The summed E-state index contributed by atoms with van der Waals surface area (Å²) >= 11 is 0. The van der Waals surface area contributed by atoms with Crippen LogP contribution in [-0.4, -0.2) is 35.7 Å². The van der Waals surface area contributed by atoms with Gasteiger partial charge >= 0.3 is 12.0 Å². The van der Waals surface area contributed by atoms with E-state index < -0.39 is 5.97 Å². The van der Waals surface area contributed by atoms with Crippen LogP contribution in [0.5, 0.6) is 0 Å². The van der Waals surface area contributed by atoms with Crippen molar-refractivity contribution in [1.29, 1.82) is 0 Å². The molecule has 1 aromatic heterocycles. The molecule has 1 N–H and O–H groups in total. The molecule has 0 saturated carbocycles. The SMILES string of the molecule is CCOC(=O)c1coc(NN2CCCCC2)n1. The molecule has 6 heteroatoms. The van der Waals surface area contributed by atoms with E-state index in [-0.39, 0.29) is 5.69 Å². The van der Waals surface area contributed by atoms with Crippen molar-refractivity contribution in [3.63, 3.8) is 0 Å². The van der Waals surface area contributed by atoms with Crippen LogP contribution in [0.1, 0.15) is 36.7 Å². The molecular weight excluding hydrogens is 222 g/mol. The van der Waals surface area contributed by atoms with Crippen LogP contribution in [0, 0.1) is 0 Å². The van der Waals surface area contributed by atoms with Crippen molar-refractivity contribution in [1.82, 2.24) is 9.99 Å². The van der Waals surface area contributed by atoms with E-state index in [0.29, 0.717) is 12.6 Å². The van der Waals surface area contributed by atoms with E-state index in [1.54, 1.807) is 6.92 Å². The van der Waals surface area contributed by atoms with Gasteiger partial charge in [-0.3, -0.25) is 5.43 Å². The highest BCUT2D eigenvalue weighted by Crippen LogP contribution is 2.13. The molecule has 2 rings (SSSR count). The number of esters is 1. The number of hydrogen-bond donors (Lipinski definition) is 1. The predicted octanol–water partition coefficient (Wildman–Crippen LogP) is 1.66. The van der Waals surface area contributed by atoms with Gasteiger partial charge in [0.2, 0.25) is 0 Å². The summed E-state index contributed by atoms with van der Waals surface area (Å²) in [6.45, 7) is 4.03. The van der Waals surface area contributed by atoms with Crippen molar-refractivity contribution < 1.29 is 13.9 Å². The summed E-state index contributed by atoms with van der Waals surface area (Å²) in [6, 6.07) is 0.343. The second kappa shape index (κ2) is 5.67. The van der Waals surface area contributed by atoms with Crippen LogP contribution in [0.25, 0.3) is 0 Å². The van der Waals surface area contributed by atoms with Gasteiger partial charge in [-0.2, -0.15) is 4.98 Å². The van der Waals surface area contributed by atoms with Crippen LogP contribution in [0.15, 0.2) is 10.7 Å². The van der Waals surface area contributed by atoms with Gasteiger partial charge in [0.25, 0.3) is 0 Å². The van der Waals surface area contributed by atoms with Crippen molar-refractivity contribution in [2.45, 2.75) is 26.2 Å². The molecule has 0 radical (unpaired) electrons. The highest BCUT2D eigenvalue weighted by atomic mass is 16.5. The lowest BCUT2D eigenvalue weighted by Crippen LogP contribution is -2.34. The maximum atomic E-state index is 11.4. The predicted molar refractivity (Wildman–Crippen MR) is 61.5 cm³/mol. The summed E-state index contributed by atoms with van der Waals surface area (Å²) in [6.07, 6.45) is 4.90. The Bertz CT molecular complexity index is 372. The molecule has 0 atom stereocenters. The molecule has 1 saturated heterocycles. The summed E-state index contributed by atoms with van der Waals surface area (Å²) < 4.78 is 10.00. The number of oxazole rings is 1. The number of anilines is 1. The van der Waals surface area contributed by atoms with E-state index in [1.807, 2.05) is 5.01 Å². The van der Waals surface area contributed by atoms with Gasteiger partial charge in [-0.05, 0) is 19.8 Å². The van der Waals surface area contributed by atoms with E-state index in [4.69, 9.17) is 9.15 Å². The molecule has 1 fully saturated rings. The Morgan fingerprint density at radius 3 is 3.00 bits per heavy atom. The molecule has 1 aliphatic heterocycles. The smallest absolute Gasteiger partial charge is 0.360 e. The Balaban J connectivity index is 1.91. The lowest BCUT2D eigenvalue weighted by molar-refractivity contribution is 0.0519. The van der Waals surface area contributed by atoms with Crippen molar-refractivity contribution in [2.24, 2.45) is 0 Å². The highest BCUT2D eigenvalue weighted by molar-refractivity contribution is 5.87. The summed E-state index contributed by atoms with van der Waals surface area (Å²) in [5.41, 5.74) is 3.25. The number of rotatable bonds is 4. The van der Waals surface area contributed by atoms with Crippen LogP contribution in [0.3, 0.4) is 0 Å². The summed E-state index contributed by atoms with van der Waals surface area (Å²) in [5.74, 6) is -0.456. The molecule has 17 heavy (non-hydrogen) atoms. The third-order valence-corrected chi connectivity index (χ3v) is 2.60. The minimum absolute atomic E-state index is 0.200. The van der Waals surface area contributed by atoms with Gasteiger partial charge in [-0.25, -0.2) is 9.80 Å². The Kier molecular flexibility index (Phi) is 3.98. The summed E-state index contributed by atoms with van der Waals surface area (Å²) in [4.78, 5) is 15.4. The van der Waals surface area contributed by atoms with Gasteiger partial charge < -0.3 is 9.15 Å². The molecule has 1 aromatic rings. The molecule has 0 unspecified atom stereocenters. The number of aromatic nitrogens is 1. The van der Waals surface area contributed by atoms with Gasteiger partial charge in [0, 0.05) is 13.1 Å². The molecule has 0 aliphatic carbocycles. The number of hydrogen-bond acceptors (Lipinski definition) is 6. The summed E-state index contributed by atoms with van der Waals surface area (Å²) in [7, 11) is 0. The standard InChI is InChI=1S/C11H17N3O3/c1-2-16-10(15)9-8-17-11(12-9)13-14-6-4-3-5-7-14/h8H,2-7H2,1H3,(H,12,13). The molecule has 0 aromatic carbocycles. The Morgan fingerprint density at radius 2 is 2.29 bits per heavy atom. The van der Waals surface area contributed by atoms with Gasteiger partial charge in [-0.15, -0.1) is 0 Å². The highest BCUT2D eigenvalue weighted by Gasteiger charge is 2.16. The lowest BCUT2D eigenvalue weighted by Gasteiger charge is -2.25. The lowest BCUT2D eigenvalue weighted by atomic mass is 10.2. The molecule has 2 heterocycles. The zero-order valence-corrected chi connectivity index (χ0v) is 9.94. The number of carbonyl (C=O) groups is 1. The van der Waals surface area contributed by atoms with Crippen LogP contribution in [-0.2, 0) is 4.74 Å². The molecule has 0 amide bonds. The first-order chi connectivity index (χ1) is 8.29. The maximum Gasteiger partial charge on any atom is 0.360 e. The second-order valence-electron chi connectivity index (χ2n) is 3.92. The van der Waals surface area contributed by atoms with Gasteiger partial charge in [0.05, 0.1) is 6.61 Å². The fourth-order valence-corrected chi connectivity index (χ4v) is 1.76. The quantitative estimate of drug-likeness (QED) is 0.806. The zero-order chi connectivity index (χ0) is 12.1. The summed E-state index contributed by atoms with van der Waals surface area (Å²) in [5, 5.41) is 2.05. The minimum Gasteiger partial charge on any atom is -0.461 e. The van der Waals surface area contributed by atoms with Gasteiger partial charge in [0.15, 0.2) is 5.69 Å². The monoisotopic (exact) mass is 239 g/mol. The Labute approximate surface area is 99.9 Å². The van der Waals surface area contributed by atoms with Gasteiger partial charge in [0.1, 0.15) is 6.26 Å². The molecular formula is C11H17N3O3. The third-order valence-electron chi connectivity index (χ3n) is 2.60. The van der Waals surface area contributed by atoms with Crippen molar-refractivity contribution in [3.05, 3.63) is 12.0 Å². The fraction of sp³-hybridized carbons (Fsp3) is 0.636. The van der Waals surface area contributed by atoms with E-state index >= 15 is 0 Å². The normalized spacial score (nSPS) is 16.8. The Hall–Kier alpha value is -1.56. The first-order valence-corrected chi connectivity index (χ1v) is 5.94. The first-order valence-electron chi connectivity index (χ1n) is 5.94. The molecule has 0 spiro atoms. The molecule has 1 aliphatic rings. The van der Waals surface area contributed by atoms with E-state index in [2.05, 4.69) is 10.4 Å². The second-order valence-corrected chi connectivity index (χ2v) is 3.92. The van der Waals surface area contributed by atoms with Crippen molar-refractivity contribution in [3.8, 4) is 0 Å². The number of nitrogens with zero attached hydrogens (tertiary/aromatic N) is 2. The first kappa shape index (κ1) is 11.9. The average molecular weight is 239 g/mol. The van der Waals surface area contributed by atoms with Gasteiger partial charge in [-0.1, -0.05) is 6.42 Å². The average Bonchev–Trinajstić information content (AvgIpc) is 2.79. The van der Waals surface area contributed by atoms with Crippen LogP contribution >= 0.6 is 0 Å². The number of ether oxygens (including phenoxy) is 1. The third kappa shape index (κ3) is 3.20. The Morgan fingerprint density at radius 1 is 1.53 bits per heavy atom. The van der Waals surface area contributed by atoms with Crippen molar-refractivity contribution >= 4 is 12.0 Å². The van der Waals surface area contributed by atoms with Crippen LogP contribution in [0.2, 0.25) is 0 Å². The zero-order valence-electron chi connectivity index (χ0n) is 9.94. The number of carbonyl (C=O) groups excluding carboxylic acids is 1. The van der Waals surface area contributed by atoms with Crippen LogP contribution < -0.4 is 5.43 Å². The van der Waals surface area contributed by atoms with E-state index in [1.165, 1.54) is 25.5 Å².